The molecule has 1 saturated heterocycles. The van der Waals surface area contributed by atoms with Gasteiger partial charge in [0.15, 0.2) is 0 Å². The number of pyridine rings is 1. The third kappa shape index (κ3) is 3.18. The highest BCUT2D eigenvalue weighted by atomic mass is 32.2. The monoisotopic (exact) mass is 290 g/mol. The third-order valence-electron chi connectivity index (χ3n) is 3.25. The Morgan fingerprint density at radius 2 is 2.21 bits per heavy atom. The zero-order valence-corrected chi connectivity index (χ0v) is 12.7. The fourth-order valence-corrected chi connectivity index (χ4v) is 4.94. The number of para-hydroxylation sites is 1. The van der Waals surface area contributed by atoms with E-state index in [0.717, 1.165) is 23.0 Å². The van der Waals surface area contributed by atoms with Crippen molar-refractivity contribution in [1.29, 1.82) is 0 Å². The van der Waals surface area contributed by atoms with Crippen molar-refractivity contribution in [2.24, 2.45) is 0 Å². The number of aromatic nitrogens is 1. The summed E-state index contributed by atoms with van der Waals surface area (Å²) in [4.78, 5) is 4.58. The van der Waals surface area contributed by atoms with E-state index in [1.165, 1.54) is 28.3 Å². The molecule has 0 bridgehead atoms. The second-order valence-corrected chi connectivity index (χ2v) is 7.34. The van der Waals surface area contributed by atoms with Gasteiger partial charge in [-0.1, -0.05) is 18.2 Å². The fourth-order valence-electron chi connectivity index (χ4n) is 2.33. The molecule has 1 atom stereocenters. The summed E-state index contributed by atoms with van der Waals surface area (Å²) in [5, 5.41) is 5.58. The molecule has 0 aliphatic carbocycles. The highest BCUT2D eigenvalue weighted by Gasteiger charge is 2.14. The summed E-state index contributed by atoms with van der Waals surface area (Å²) in [6, 6.07) is 10.5. The molecule has 2 aromatic rings. The number of nitrogens with zero attached hydrogens (tertiary/aromatic N) is 1. The molecule has 1 aliphatic rings. The summed E-state index contributed by atoms with van der Waals surface area (Å²) in [7, 11) is 0. The summed E-state index contributed by atoms with van der Waals surface area (Å²) >= 11 is 4.16. The van der Waals surface area contributed by atoms with Crippen LogP contribution in [0.5, 0.6) is 0 Å². The van der Waals surface area contributed by atoms with Crippen molar-refractivity contribution in [3.8, 4) is 0 Å². The summed E-state index contributed by atoms with van der Waals surface area (Å²) < 4.78 is 0. The van der Waals surface area contributed by atoms with Crippen LogP contribution in [0.15, 0.2) is 30.3 Å². The molecule has 100 valence electrons. The van der Waals surface area contributed by atoms with Gasteiger partial charge in [-0.05, 0) is 19.1 Å². The molecule has 2 nitrogen and oxygen atoms in total. The van der Waals surface area contributed by atoms with Crippen LogP contribution in [0.3, 0.4) is 0 Å². The SMILES string of the molecule is Cc1cc(NCC2CSCCS2)c2ccccc2n1. The Morgan fingerprint density at radius 3 is 3.05 bits per heavy atom. The van der Waals surface area contributed by atoms with Crippen molar-refractivity contribution in [1.82, 2.24) is 4.98 Å². The quantitative estimate of drug-likeness (QED) is 0.929. The Labute approximate surface area is 122 Å². The van der Waals surface area contributed by atoms with Crippen molar-refractivity contribution in [3.05, 3.63) is 36.0 Å². The predicted molar refractivity (Wildman–Crippen MR) is 88.5 cm³/mol. The largest absolute Gasteiger partial charge is 0.383 e. The summed E-state index contributed by atoms with van der Waals surface area (Å²) in [6.45, 7) is 3.11. The van der Waals surface area contributed by atoms with Crippen molar-refractivity contribution in [2.45, 2.75) is 12.2 Å². The van der Waals surface area contributed by atoms with Gasteiger partial charge < -0.3 is 5.32 Å². The minimum atomic E-state index is 0.728. The summed E-state index contributed by atoms with van der Waals surface area (Å²) in [5.41, 5.74) is 3.38. The van der Waals surface area contributed by atoms with Gasteiger partial charge in [0.2, 0.25) is 0 Å². The molecule has 3 rings (SSSR count). The number of aryl methyl sites for hydroxylation is 1. The second-order valence-electron chi connectivity index (χ2n) is 4.78. The van der Waals surface area contributed by atoms with Crippen LogP contribution in [0.2, 0.25) is 0 Å². The number of fused-ring (bicyclic) bond motifs is 1. The minimum Gasteiger partial charge on any atom is -0.383 e. The van der Waals surface area contributed by atoms with Gasteiger partial charge in [-0.2, -0.15) is 23.5 Å². The van der Waals surface area contributed by atoms with Crippen LogP contribution in [0, 0.1) is 6.92 Å². The molecular formula is C15H18N2S2. The van der Waals surface area contributed by atoms with Crippen molar-refractivity contribution in [3.63, 3.8) is 0 Å². The Balaban J connectivity index is 1.79. The standard InChI is InChI=1S/C15H18N2S2/c1-11-8-15(13-4-2-3-5-14(13)17-11)16-9-12-10-18-6-7-19-12/h2-5,8,12H,6-7,9-10H2,1H3,(H,16,17). The van der Waals surface area contributed by atoms with Crippen LogP contribution in [0.4, 0.5) is 5.69 Å². The molecule has 0 amide bonds. The fraction of sp³-hybridized carbons (Fsp3) is 0.400. The number of thioether (sulfide) groups is 2. The maximum Gasteiger partial charge on any atom is 0.0725 e. The predicted octanol–water partition coefficient (Wildman–Crippen LogP) is 3.80. The number of benzene rings is 1. The highest BCUT2D eigenvalue weighted by Crippen LogP contribution is 2.26. The Bertz CT molecular complexity index is 565. The Kier molecular flexibility index (Phi) is 4.18. The third-order valence-corrected chi connectivity index (χ3v) is 6.09. The van der Waals surface area contributed by atoms with Gasteiger partial charge in [-0.3, -0.25) is 4.98 Å². The molecule has 1 unspecified atom stereocenters. The zero-order valence-electron chi connectivity index (χ0n) is 11.1. The van der Waals surface area contributed by atoms with E-state index in [9.17, 15) is 0 Å². The highest BCUT2D eigenvalue weighted by molar-refractivity contribution is 8.06. The lowest BCUT2D eigenvalue weighted by molar-refractivity contribution is 1.01. The first-order valence-corrected chi connectivity index (χ1v) is 8.83. The van der Waals surface area contributed by atoms with Crippen LogP contribution >= 0.6 is 23.5 Å². The van der Waals surface area contributed by atoms with E-state index in [4.69, 9.17) is 0 Å². The van der Waals surface area contributed by atoms with Gasteiger partial charge in [-0.15, -0.1) is 0 Å². The zero-order chi connectivity index (χ0) is 13.1. The van der Waals surface area contributed by atoms with E-state index in [2.05, 4.69) is 65.0 Å². The number of hydrogen-bond acceptors (Lipinski definition) is 4. The first-order chi connectivity index (χ1) is 9.33. The van der Waals surface area contributed by atoms with Crippen LogP contribution in [-0.2, 0) is 0 Å². The average Bonchev–Trinajstić information content (AvgIpc) is 2.45. The maximum absolute atomic E-state index is 4.58. The van der Waals surface area contributed by atoms with Crippen LogP contribution in [0.1, 0.15) is 5.69 Å². The van der Waals surface area contributed by atoms with E-state index >= 15 is 0 Å². The van der Waals surface area contributed by atoms with Crippen molar-refractivity contribution >= 4 is 40.1 Å². The molecule has 0 spiro atoms. The summed E-state index contributed by atoms with van der Waals surface area (Å²) in [5.74, 6) is 3.85. The van der Waals surface area contributed by atoms with Crippen LogP contribution < -0.4 is 5.32 Å². The molecule has 1 aromatic heterocycles. The van der Waals surface area contributed by atoms with Crippen molar-refractivity contribution < 1.29 is 0 Å². The molecular weight excluding hydrogens is 272 g/mol. The lowest BCUT2D eigenvalue weighted by Crippen LogP contribution is -2.23. The molecule has 4 heteroatoms. The van der Waals surface area contributed by atoms with E-state index in [1.54, 1.807) is 0 Å². The number of nitrogens with one attached hydrogen (secondary N) is 1. The molecule has 0 radical (unpaired) electrons. The molecule has 1 N–H and O–H groups in total. The smallest absolute Gasteiger partial charge is 0.0725 e. The number of anilines is 1. The molecule has 1 fully saturated rings. The first kappa shape index (κ1) is 13.1. The maximum atomic E-state index is 4.58. The topological polar surface area (TPSA) is 24.9 Å². The van der Waals surface area contributed by atoms with Gasteiger partial charge in [0.05, 0.1) is 5.52 Å². The van der Waals surface area contributed by atoms with Gasteiger partial charge >= 0.3 is 0 Å². The number of hydrogen-bond donors (Lipinski definition) is 1. The second kappa shape index (κ2) is 6.06. The lowest BCUT2D eigenvalue weighted by Gasteiger charge is -2.22. The molecule has 0 saturated carbocycles. The van der Waals surface area contributed by atoms with E-state index < -0.39 is 0 Å². The molecule has 19 heavy (non-hydrogen) atoms. The normalized spacial score (nSPS) is 19.5. The van der Waals surface area contributed by atoms with Gasteiger partial charge in [0, 0.05) is 45.8 Å². The summed E-state index contributed by atoms with van der Waals surface area (Å²) in [6.07, 6.45) is 0. The van der Waals surface area contributed by atoms with E-state index in [1.807, 2.05) is 6.07 Å². The molecule has 1 aliphatic heterocycles. The van der Waals surface area contributed by atoms with E-state index in [-0.39, 0.29) is 0 Å². The lowest BCUT2D eigenvalue weighted by atomic mass is 10.1. The molecule has 2 heterocycles. The van der Waals surface area contributed by atoms with Gasteiger partial charge in [0.25, 0.3) is 0 Å². The average molecular weight is 290 g/mol. The molecule has 1 aromatic carbocycles. The van der Waals surface area contributed by atoms with Gasteiger partial charge in [-0.25, -0.2) is 0 Å². The van der Waals surface area contributed by atoms with Crippen LogP contribution in [0.25, 0.3) is 10.9 Å². The van der Waals surface area contributed by atoms with Crippen molar-refractivity contribution in [2.75, 3.05) is 29.1 Å². The minimum absolute atomic E-state index is 0.728. The Hall–Kier alpha value is -0.870. The van der Waals surface area contributed by atoms with Crippen LogP contribution in [-0.4, -0.2) is 34.0 Å². The van der Waals surface area contributed by atoms with Gasteiger partial charge in [0.1, 0.15) is 0 Å². The van der Waals surface area contributed by atoms with E-state index in [0.29, 0.717) is 0 Å². The Morgan fingerprint density at radius 1 is 1.32 bits per heavy atom. The first-order valence-electron chi connectivity index (χ1n) is 6.62. The number of rotatable bonds is 3.